The molecule has 26 heavy (non-hydrogen) atoms. The third-order valence-electron chi connectivity index (χ3n) is 4.08. The second kappa shape index (κ2) is 6.93. The van der Waals surface area contributed by atoms with Crippen LogP contribution in [0.5, 0.6) is 0 Å². The Labute approximate surface area is 144 Å². The Morgan fingerprint density at radius 3 is 2.08 bits per heavy atom. The van der Waals surface area contributed by atoms with Crippen molar-refractivity contribution in [1.29, 1.82) is 0 Å². The van der Waals surface area contributed by atoms with Crippen molar-refractivity contribution >= 4 is 11.7 Å². The molecule has 4 nitrogen and oxygen atoms in total. The van der Waals surface area contributed by atoms with E-state index in [1.807, 2.05) is 0 Å². The van der Waals surface area contributed by atoms with Crippen LogP contribution in [0.2, 0.25) is 0 Å². The first-order chi connectivity index (χ1) is 11.9. The largest absolute Gasteiger partial charge is 0.435 e. The normalized spacial score (nSPS) is 19.4. The molecule has 2 rings (SSSR count). The first kappa shape index (κ1) is 20.3. The molecule has 1 aliphatic heterocycles. The maximum Gasteiger partial charge on any atom is 0.435 e. The lowest BCUT2D eigenvalue weighted by Crippen LogP contribution is -2.53. The molecule has 1 unspecified atom stereocenters. The van der Waals surface area contributed by atoms with Crippen molar-refractivity contribution in [2.45, 2.75) is 31.0 Å². The highest BCUT2D eigenvalue weighted by atomic mass is 19.4. The molecule has 1 heterocycles. The fourth-order valence-electron chi connectivity index (χ4n) is 2.61. The molecule has 0 aromatic heterocycles. The van der Waals surface area contributed by atoms with E-state index in [4.69, 9.17) is 0 Å². The van der Waals surface area contributed by atoms with Gasteiger partial charge in [-0.1, -0.05) is 12.1 Å². The van der Waals surface area contributed by atoms with Crippen LogP contribution in [0.3, 0.4) is 0 Å². The number of carbonyl (C=O) groups excluding carboxylic acids is 1. The topological polar surface area (TPSA) is 44.4 Å². The molecule has 0 aliphatic carbocycles. The number of alkyl halides is 7. The van der Waals surface area contributed by atoms with E-state index in [9.17, 15) is 35.5 Å². The number of rotatable bonds is 2. The smallest absolute Gasteiger partial charge is 0.319 e. The molecular weight excluding hydrogens is 371 g/mol. The predicted octanol–water partition coefficient (Wildman–Crippen LogP) is 3.80. The van der Waals surface area contributed by atoms with Gasteiger partial charge in [0, 0.05) is 36.9 Å². The minimum atomic E-state index is -6.17. The van der Waals surface area contributed by atoms with E-state index in [1.165, 1.54) is 4.90 Å². The number of piperazine rings is 1. The lowest BCUT2D eigenvalue weighted by Gasteiger charge is -2.34. The van der Waals surface area contributed by atoms with Crippen molar-refractivity contribution in [3.05, 3.63) is 29.8 Å². The van der Waals surface area contributed by atoms with Gasteiger partial charge >= 0.3 is 24.1 Å². The minimum absolute atomic E-state index is 0.0452. The van der Waals surface area contributed by atoms with Gasteiger partial charge in [-0.3, -0.25) is 0 Å². The monoisotopic (exact) mass is 387 g/mol. The number of hydrogen-bond donors (Lipinski definition) is 2. The third-order valence-corrected chi connectivity index (χ3v) is 4.08. The van der Waals surface area contributed by atoms with Crippen LogP contribution in [0.4, 0.5) is 41.2 Å². The molecule has 0 spiro atoms. The number of carbonyl (C=O) groups is 1. The van der Waals surface area contributed by atoms with Crippen LogP contribution in [-0.4, -0.2) is 49.0 Å². The number of halogens is 7. The summed E-state index contributed by atoms with van der Waals surface area (Å²) in [5.41, 5.74) is -7.14. The van der Waals surface area contributed by atoms with Gasteiger partial charge < -0.3 is 15.5 Å². The number of anilines is 1. The fraction of sp³-hybridized carbons (Fsp3) is 0.533. The number of hydrogen-bond acceptors (Lipinski definition) is 2. The molecule has 1 saturated heterocycles. The Hall–Kier alpha value is -2.04. The van der Waals surface area contributed by atoms with Crippen molar-refractivity contribution in [1.82, 2.24) is 10.2 Å². The van der Waals surface area contributed by atoms with Crippen LogP contribution in [0.15, 0.2) is 24.3 Å². The van der Waals surface area contributed by atoms with Gasteiger partial charge in [0.1, 0.15) is 0 Å². The average Bonchev–Trinajstić information content (AvgIpc) is 2.53. The quantitative estimate of drug-likeness (QED) is 0.759. The Morgan fingerprint density at radius 1 is 1.08 bits per heavy atom. The zero-order valence-corrected chi connectivity index (χ0v) is 13.5. The summed E-state index contributed by atoms with van der Waals surface area (Å²) >= 11 is 0. The molecule has 146 valence electrons. The van der Waals surface area contributed by atoms with Gasteiger partial charge in [0.15, 0.2) is 0 Å². The van der Waals surface area contributed by atoms with Gasteiger partial charge in [0.25, 0.3) is 0 Å². The number of urea groups is 1. The number of benzene rings is 1. The minimum Gasteiger partial charge on any atom is -0.319 e. The number of nitrogens with zero attached hydrogens (tertiary/aromatic N) is 1. The van der Waals surface area contributed by atoms with Crippen molar-refractivity contribution in [3.63, 3.8) is 0 Å². The second-order valence-corrected chi connectivity index (χ2v) is 5.91. The Bertz CT molecular complexity index is 628. The van der Waals surface area contributed by atoms with Gasteiger partial charge in [0.05, 0.1) is 0 Å². The van der Waals surface area contributed by atoms with E-state index in [1.54, 1.807) is 6.92 Å². The highest BCUT2D eigenvalue weighted by Crippen LogP contribution is 2.53. The summed E-state index contributed by atoms with van der Waals surface area (Å²) in [6.45, 7) is 3.27. The van der Waals surface area contributed by atoms with Crippen molar-refractivity contribution in [2.75, 3.05) is 25.0 Å². The van der Waals surface area contributed by atoms with Gasteiger partial charge in [-0.2, -0.15) is 26.3 Å². The standard InChI is InChI=1S/C15H16F7N3O/c1-9-8-23-6-7-25(9)12(26)24-11-4-2-10(3-5-11)13(16,14(17,18)19)15(20,21)22/h2-5,9,23H,6-8H2,1H3,(H,24,26). The van der Waals surface area contributed by atoms with Crippen molar-refractivity contribution in [3.8, 4) is 0 Å². The summed E-state index contributed by atoms with van der Waals surface area (Å²) < 4.78 is 90.2. The first-order valence-electron chi connectivity index (χ1n) is 7.59. The average molecular weight is 387 g/mol. The SMILES string of the molecule is CC1CNCCN1C(=O)Nc1ccc(C(F)(C(F)(F)F)C(F)(F)F)cc1. The second-order valence-electron chi connectivity index (χ2n) is 5.91. The van der Waals surface area contributed by atoms with E-state index in [0.717, 1.165) is 12.1 Å². The van der Waals surface area contributed by atoms with Crippen LogP contribution in [0.25, 0.3) is 0 Å². The van der Waals surface area contributed by atoms with Crippen LogP contribution >= 0.6 is 0 Å². The number of amides is 2. The van der Waals surface area contributed by atoms with Gasteiger partial charge in [-0.15, -0.1) is 0 Å². The molecule has 1 aromatic carbocycles. The Kier molecular flexibility index (Phi) is 5.41. The number of nitrogens with one attached hydrogen (secondary N) is 2. The van der Waals surface area contributed by atoms with Gasteiger partial charge in [-0.05, 0) is 19.1 Å². The molecule has 11 heteroatoms. The summed E-state index contributed by atoms with van der Waals surface area (Å²) in [6, 6.07) is 1.62. The van der Waals surface area contributed by atoms with Crippen molar-refractivity contribution in [2.24, 2.45) is 0 Å². The van der Waals surface area contributed by atoms with E-state index in [2.05, 4.69) is 10.6 Å². The lowest BCUT2D eigenvalue weighted by atomic mass is 9.94. The molecule has 1 fully saturated rings. The first-order valence-corrected chi connectivity index (χ1v) is 7.59. The van der Waals surface area contributed by atoms with E-state index in [-0.39, 0.29) is 11.7 Å². The third kappa shape index (κ3) is 3.71. The predicted molar refractivity (Wildman–Crippen MR) is 79.4 cm³/mol. The Balaban J connectivity index is 2.20. The lowest BCUT2D eigenvalue weighted by molar-refractivity contribution is -0.348. The highest BCUT2D eigenvalue weighted by Gasteiger charge is 2.73. The van der Waals surface area contributed by atoms with E-state index in [0.29, 0.717) is 31.8 Å². The maximum atomic E-state index is 13.9. The molecule has 2 N–H and O–H groups in total. The molecular formula is C15H16F7N3O. The molecule has 0 bridgehead atoms. The fourth-order valence-corrected chi connectivity index (χ4v) is 2.61. The van der Waals surface area contributed by atoms with Crippen LogP contribution in [0, 0.1) is 0 Å². The summed E-state index contributed by atoms with van der Waals surface area (Å²) in [5, 5.41) is 5.43. The molecule has 1 atom stereocenters. The van der Waals surface area contributed by atoms with Gasteiger partial charge in [0.2, 0.25) is 0 Å². The summed E-state index contributed by atoms with van der Waals surface area (Å²) in [6.07, 6.45) is -12.3. The zero-order chi connectivity index (χ0) is 19.8. The molecule has 1 aromatic rings. The van der Waals surface area contributed by atoms with Gasteiger partial charge in [-0.25, -0.2) is 9.18 Å². The highest BCUT2D eigenvalue weighted by molar-refractivity contribution is 5.89. The summed E-state index contributed by atoms with van der Waals surface area (Å²) in [7, 11) is 0. The van der Waals surface area contributed by atoms with Crippen LogP contribution in [0.1, 0.15) is 12.5 Å². The zero-order valence-electron chi connectivity index (χ0n) is 13.5. The maximum absolute atomic E-state index is 13.9. The summed E-state index contributed by atoms with van der Waals surface area (Å²) in [4.78, 5) is 13.6. The molecule has 2 amide bonds. The van der Waals surface area contributed by atoms with E-state index < -0.39 is 29.6 Å². The van der Waals surface area contributed by atoms with Crippen LogP contribution in [-0.2, 0) is 5.67 Å². The van der Waals surface area contributed by atoms with E-state index >= 15 is 0 Å². The van der Waals surface area contributed by atoms with Crippen molar-refractivity contribution < 1.29 is 35.5 Å². The van der Waals surface area contributed by atoms with Crippen LogP contribution < -0.4 is 10.6 Å². The Morgan fingerprint density at radius 2 is 1.62 bits per heavy atom. The molecule has 0 radical (unpaired) electrons. The molecule has 0 saturated carbocycles. The summed E-state index contributed by atoms with van der Waals surface area (Å²) in [5.74, 6) is 0. The molecule has 1 aliphatic rings.